The van der Waals surface area contributed by atoms with Crippen LogP contribution in [0.25, 0.3) is 0 Å². The first-order valence-corrected chi connectivity index (χ1v) is 7.31. The molecule has 105 valence electrons. The molecule has 0 aliphatic rings. The number of benzene rings is 2. The molecule has 1 N–H and O–H groups in total. The summed E-state index contributed by atoms with van der Waals surface area (Å²) in [6.45, 7) is 13.0. The molecule has 0 unspecified atom stereocenters. The summed E-state index contributed by atoms with van der Waals surface area (Å²) in [7, 11) is 0. The fraction of sp³-hybridized carbons (Fsp3) is 0.316. The molecule has 0 fully saturated rings. The number of para-hydroxylation sites is 1. The summed E-state index contributed by atoms with van der Waals surface area (Å²) in [6.07, 6.45) is 0. The second kappa shape index (κ2) is 6.13. The third kappa shape index (κ3) is 3.22. The Hall–Kier alpha value is -1.76. The maximum atomic E-state index is 4.00. The highest BCUT2D eigenvalue weighted by Crippen LogP contribution is 2.34. The van der Waals surface area contributed by atoms with Crippen LogP contribution >= 0.6 is 0 Å². The molecule has 0 spiro atoms. The average molecular weight is 266 g/mol. The molecule has 0 heterocycles. The molecule has 1 nitrogen and oxygen atoms in total. The minimum absolute atomic E-state index is 0.499. The monoisotopic (exact) mass is 266 g/mol. The topological polar surface area (TPSA) is 12.0 Å². The SMILES string of the molecule is [CH2]c1cccc(Nc2c(C(C)C)cccc2C(C)C)c1. The molecule has 2 aromatic carbocycles. The second-order valence-electron chi connectivity index (χ2n) is 5.95. The molecule has 0 saturated carbocycles. The van der Waals surface area contributed by atoms with E-state index in [0.717, 1.165) is 11.3 Å². The fourth-order valence-corrected chi connectivity index (χ4v) is 2.49. The Kier molecular flexibility index (Phi) is 4.49. The largest absolute Gasteiger partial charge is 0.355 e. The van der Waals surface area contributed by atoms with E-state index < -0.39 is 0 Å². The zero-order chi connectivity index (χ0) is 14.7. The van der Waals surface area contributed by atoms with Crippen LogP contribution in [0.4, 0.5) is 11.4 Å². The van der Waals surface area contributed by atoms with Crippen LogP contribution in [0, 0.1) is 6.92 Å². The van der Waals surface area contributed by atoms with Crippen LogP contribution in [-0.2, 0) is 0 Å². The summed E-state index contributed by atoms with van der Waals surface area (Å²) in [4.78, 5) is 0. The molecule has 0 bridgehead atoms. The van der Waals surface area contributed by atoms with Crippen molar-refractivity contribution in [3.8, 4) is 0 Å². The van der Waals surface area contributed by atoms with E-state index in [2.05, 4.69) is 70.3 Å². The van der Waals surface area contributed by atoms with Gasteiger partial charge in [0.2, 0.25) is 0 Å². The zero-order valence-corrected chi connectivity index (χ0v) is 12.9. The summed E-state index contributed by atoms with van der Waals surface area (Å²) in [5.74, 6) is 0.998. The summed E-state index contributed by atoms with van der Waals surface area (Å²) in [5.41, 5.74) is 6.12. The molecule has 2 rings (SSSR count). The third-order valence-electron chi connectivity index (χ3n) is 3.57. The molecule has 0 aromatic heterocycles. The lowest BCUT2D eigenvalue weighted by Gasteiger charge is -2.21. The standard InChI is InChI=1S/C19H24N/c1-13(2)17-10-7-11-18(14(3)4)19(17)20-16-9-6-8-15(5)12-16/h6-14,20H,5H2,1-4H3. The van der Waals surface area contributed by atoms with E-state index in [9.17, 15) is 0 Å². The number of hydrogen-bond donors (Lipinski definition) is 1. The van der Waals surface area contributed by atoms with Gasteiger partial charge in [0.25, 0.3) is 0 Å². The Bertz CT molecular complexity index is 556. The molecule has 0 aliphatic carbocycles. The van der Waals surface area contributed by atoms with E-state index in [1.54, 1.807) is 0 Å². The molecule has 0 atom stereocenters. The minimum Gasteiger partial charge on any atom is -0.355 e. The first kappa shape index (κ1) is 14.6. The van der Waals surface area contributed by atoms with E-state index in [0.29, 0.717) is 11.8 Å². The van der Waals surface area contributed by atoms with Crippen LogP contribution in [-0.4, -0.2) is 0 Å². The van der Waals surface area contributed by atoms with Gasteiger partial charge in [0.15, 0.2) is 0 Å². The lowest BCUT2D eigenvalue weighted by Crippen LogP contribution is -2.03. The third-order valence-corrected chi connectivity index (χ3v) is 3.57. The molecule has 20 heavy (non-hydrogen) atoms. The molecular formula is C19H24N. The molecule has 2 aromatic rings. The Balaban J connectivity index is 2.48. The summed E-state index contributed by atoms with van der Waals surface area (Å²) in [6, 6.07) is 14.8. The van der Waals surface area contributed by atoms with Crippen LogP contribution in [0.1, 0.15) is 56.2 Å². The second-order valence-corrected chi connectivity index (χ2v) is 5.95. The van der Waals surface area contributed by atoms with Crippen molar-refractivity contribution >= 4 is 11.4 Å². The van der Waals surface area contributed by atoms with E-state index in [4.69, 9.17) is 0 Å². The van der Waals surface area contributed by atoms with Gasteiger partial charge in [-0.25, -0.2) is 0 Å². The number of nitrogens with one attached hydrogen (secondary N) is 1. The smallest absolute Gasteiger partial charge is 0.0454 e. The van der Waals surface area contributed by atoms with E-state index >= 15 is 0 Å². The lowest BCUT2D eigenvalue weighted by atomic mass is 9.92. The number of anilines is 2. The van der Waals surface area contributed by atoms with Crippen molar-refractivity contribution in [2.24, 2.45) is 0 Å². The molecule has 0 aliphatic heterocycles. The van der Waals surface area contributed by atoms with Crippen LogP contribution in [0.2, 0.25) is 0 Å². The van der Waals surface area contributed by atoms with Gasteiger partial charge in [0.05, 0.1) is 0 Å². The first-order chi connectivity index (χ1) is 9.49. The molecule has 1 radical (unpaired) electrons. The summed E-state index contributed by atoms with van der Waals surface area (Å²) < 4.78 is 0. The molecular weight excluding hydrogens is 242 g/mol. The number of rotatable bonds is 4. The van der Waals surface area contributed by atoms with Crippen molar-refractivity contribution in [1.29, 1.82) is 0 Å². The lowest BCUT2D eigenvalue weighted by molar-refractivity contribution is 0.838. The highest BCUT2D eigenvalue weighted by Gasteiger charge is 2.13. The van der Waals surface area contributed by atoms with Gasteiger partial charge < -0.3 is 5.32 Å². The minimum atomic E-state index is 0.499. The van der Waals surface area contributed by atoms with Gasteiger partial charge in [0.1, 0.15) is 0 Å². The van der Waals surface area contributed by atoms with E-state index in [-0.39, 0.29) is 0 Å². The van der Waals surface area contributed by atoms with Gasteiger partial charge in [-0.2, -0.15) is 0 Å². The molecule has 1 heteroatoms. The van der Waals surface area contributed by atoms with Crippen molar-refractivity contribution in [1.82, 2.24) is 0 Å². The van der Waals surface area contributed by atoms with Gasteiger partial charge in [-0.15, -0.1) is 0 Å². The Morgan fingerprint density at radius 2 is 1.40 bits per heavy atom. The highest BCUT2D eigenvalue weighted by atomic mass is 14.9. The Labute approximate surface area is 123 Å². The van der Waals surface area contributed by atoms with Crippen LogP contribution in [0.5, 0.6) is 0 Å². The average Bonchev–Trinajstić information content (AvgIpc) is 2.38. The maximum absolute atomic E-state index is 4.00. The van der Waals surface area contributed by atoms with Crippen molar-refractivity contribution < 1.29 is 0 Å². The fourth-order valence-electron chi connectivity index (χ4n) is 2.49. The quantitative estimate of drug-likeness (QED) is 0.731. The van der Waals surface area contributed by atoms with Gasteiger partial charge >= 0.3 is 0 Å². The van der Waals surface area contributed by atoms with Crippen molar-refractivity contribution in [2.45, 2.75) is 39.5 Å². The van der Waals surface area contributed by atoms with Crippen LogP contribution < -0.4 is 5.32 Å². The highest BCUT2D eigenvalue weighted by molar-refractivity contribution is 5.69. The van der Waals surface area contributed by atoms with Crippen molar-refractivity contribution in [3.05, 3.63) is 66.1 Å². The first-order valence-electron chi connectivity index (χ1n) is 7.31. The van der Waals surface area contributed by atoms with E-state index in [1.807, 2.05) is 12.1 Å². The van der Waals surface area contributed by atoms with Crippen molar-refractivity contribution in [2.75, 3.05) is 5.32 Å². The summed E-state index contributed by atoms with van der Waals surface area (Å²) in [5, 5.41) is 3.60. The Morgan fingerprint density at radius 3 is 1.90 bits per heavy atom. The van der Waals surface area contributed by atoms with Gasteiger partial charge in [-0.05, 0) is 47.6 Å². The normalized spacial score (nSPS) is 11.2. The number of hydrogen-bond acceptors (Lipinski definition) is 1. The molecule has 0 amide bonds. The zero-order valence-electron chi connectivity index (χ0n) is 12.9. The van der Waals surface area contributed by atoms with Crippen molar-refractivity contribution in [3.63, 3.8) is 0 Å². The van der Waals surface area contributed by atoms with E-state index in [1.165, 1.54) is 16.8 Å². The van der Waals surface area contributed by atoms with Gasteiger partial charge in [-0.3, -0.25) is 0 Å². The van der Waals surface area contributed by atoms with Crippen LogP contribution in [0.3, 0.4) is 0 Å². The maximum Gasteiger partial charge on any atom is 0.0454 e. The predicted octanol–water partition coefficient (Wildman–Crippen LogP) is 5.86. The molecule has 0 saturated heterocycles. The van der Waals surface area contributed by atoms with Gasteiger partial charge in [-0.1, -0.05) is 58.0 Å². The van der Waals surface area contributed by atoms with Crippen LogP contribution in [0.15, 0.2) is 42.5 Å². The Morgan fingerprint density at radius 1 is 0.850 bits per heavy atom. The summed E-state index contributed by atoms with van der Waals surface area (Å²) >= 11 is 0. The van der Waals surface area contributed by atoms with Gasteiger partial charge in [0, 0.05) is 11.4 Å². The predicted molar refractivity (Wildman–Crippen MR) is 88.8 cm³/mol.